The molecule has 0 atom stereocenters. The predicted molar refractivity (Wildman–Crippen MR) is 86.7 cm³/mol. The smallest absolute Gasteiger partial charge is 0.130 e. The third-order valence-electron chi connectivity index (χ3n) is 4.87. The third kappa shape index (κ3) is 3.73. The van der Waals surface area contributed by atoms with Gasteiger partial charge < -0.3 is 9.80 Å². The molecule has 2 saturated heterocycles. The Morgan fingerprint density at radius 1 is 1.05 bits per heavy atom. The number of rotatable bonds is 4. The molecule has 1 aromatic heterocycles. The maximum absolute atomic E-state index is 4.49. The summed E-state index contributed by atoms with van der Waals surface area (Å²) < 4.78 is 0. The van der Waals surface area contributed by atoms with E-state index in [0.717, 1.165) is 24.8 Å². The summed E-state index contributed by atoms with van der Waals surface area (Å²) in [6.45, 7) is 10.6. The van der Waals surface area contributed by atoms with Gasteiger partial charge in [-0.05, 0) is 44.7 Å². The van der Waals surface area contributed by atoms with E-state index in [1.165, 1.54) is 51.0 Å². The van der Waals surface area contributed by atoms with Gasteiger partial charge in [-0.25, -0.2) is 9.97 Å². The second-order valence-electron chi connectivity index (χ2n) is 6.89. The van der Waals surface area contributed by atoms with Crippen LogP contribution in [0.3, 0.4) is 0 Å². The molecule has 0 radical (unpaired) electrons. The van der Waals surface area contributed by atoms with Crippen LogP contribution in [0.25, 0.3) is 0 Å². The van der Waals surface area contributed by atoms with Crippen molar-refractivity contribution in [2.45, 2.75) is 45.4 Å². The van der Waals surface area contributed by atoms with Gasteiger partial charge in [0, 0.05) is 25.6 Å². The summed E-state index contributed by atoms with van der Waals surface area (Å²) in [6, 6.07) is 0. The highest BCUT2D eigenvalue weighted by Gasteiger charge is 2.23. The molecule has 0 amide bonds. The van der Waals surface area contributed by atoms with E-state index in [2.05, 4.69) is 33.6 Å². The molecule has 4 heteroatoms. The van der Waals surface area contributed by atoms with Crippen molar-refractivity contribution in [3.63, 3.8) is 0 Å². The fraction of sp³-hybridized carbons (Fsp3) is 0.765. The maximum Gasteiger partial charge on any atom is 0.130 e. The Hall–Kier alpha value is -1.16. The molecule has 0 spiro atoms. The number of aromatic nitrogens is 2. The Balaban J connectivity index is 1.50. The molecule has 0 aromatic carbocycles. The van der Waals surface area contributed by atoms with Gasteiger partial charge >= 0.3 is 0 Å². The summed E-state index contributed by atoms with van der Waals surface area (Å²) in [4.78, 5) is 14.1. The standard InChI is InChI=1S/C17H28N4/c1-14(2)17-18-11-16(12-19-17)21-9-5-15(6-10-21)13-20-7-3-4-8-20/h11-12,14-15H,3-10,13H2,1-2H3. The fourth-order valence-corrected chi connectivity index (χ4v) is 3.50. The first kappa shape index (κ1) is 14.8. The zero-order valence-corrected chi connectivity index (χ0v) is 13.5. The van der Waals surface area contributed by atoms with Crippen LogP contribution in [0.5, 0.6) is 0 Å². The zero-order chi connectivity index (χ0) is 14.7. The van der Waals surface area contributed by atoms with Crippen LogP contribution >= 0.6 is 0 Å². The summed E-state index contributed by atoms with van der Waals surface area (Å²) in [5.41, 5.74) is 1.19. The van der Waals surface area contributed by atoms with Crippen molar-refractivity contribution in [2.24, 2.45) is 5.92 Å². The molecule has 116 valence electrons. The summed E-state index contributed by atoms with van der Waals surface area (Å²) in [5, 5.41) is 0. The monoisotopic (exact) mass is 288 g/mol. The number of anilines is 1. The van der Waals surface area contributed by atoms with Crippen LogP contribution in [-0.4, -0.2) is 47.6 Å². The molecule has 2 aliphatic heterocycles. The van der Waals surface area contributed by atoms with Gasteiger partial charge in [-0.3, -0.25) is 0 Å². The van der Waals surface area contributed by atoms with Gasteiger partial charge in [0.25, 0.3) is 0 Å². The first-order valence-electron chi connectivity index (χ1n) is 8.51. The van der Waals surface area contributed by atoms with Gasteiger partial charge in [0.15, 0.2) is 0 Å². The average Bonchev–Trinajstić information content (AvgIpc) is 3.01. The van der Waals surface area contributed by atoms with Crippen LogP contribution in [0.4, 0.5) is 5.69 Å². The Morgan fingerprint density at radius 2 is 1.67 bits per heavy atom. The first-order valence-corrected chi connectivity index (χ1v) is 8.51. The Labute approximate surface area is 128 Å². The van der Waals surface area contributed by atoms with Gasteiger partial charge in [0.1, 0.15) is 5.82 Å². The molecule has 0 aliphatic carbocycles. The molecule has 0 bridgehead atoms. The molecule has 2 aliphatic rings. The summed E-state index contributed by atoms with van der Waals surface area (Å²) in [6.07, 6.45) is 9.42. The van der Waals surface area contributed by atoms with E-state index >= 15 is 0 Å². The van der Waals surface area contributed by atoms with Crippen molar-refractivity contribution >= 4 is 5.69 Å². The minimum Gasteiger partial charge on any atom is -0.369 e. The quantitative estimate of drug-likeness (QED) is 0.853. The molecule has 0 N–H and O–H groups in total. The number of hydrogen-bond acceptors (Lipinski definition) is 4. The topological polar surface area (TPSA) is 32.3 Å². The fourth-order valence-electron chi connectivity index (χ4n) is 3.50. The molecule has 0 saturated carbocycles. The van der Waals surface area contributed by atoms with E-state index < -0.39 is 0 Å². The predicted octanol–water partition coefficient (Wildman–Crippen LogP) is 2.91. The van der Waals surface area contributed by atoms with E-state index in [4.69, 9.17) is 0 Å². The minimum absolute atomic E-state index is 0.408. The van der Waals surface area contributed by atoms with E-state index in [1.807, 2.05) is 12.4 Å². The largest absolute Gasteiger partial charge is 0.369 e. The van der Waals surface area contributed by atoms with Crippen LogP contribution in [0.2, 0.25) is 0 Å². The first-order chi connectivity index (χ1) is 10.2. The molecule has 4 nitrogen and oxygen atoms in total. The lowest BCUT2D eigenvalue weighted by molar-refractivity contribution is 0.249. The van der Waals surface area contributed by atoms with Crippen molar-refractivity contribution in [3.05, 3.63) is 18.2 Å². The van der Waals surface area contributed by atoms with Crippen molar-refractivity contribution in [1.82, 2.24) is 14.9 Å². The third-order valence-corrected chi connectivity index (χ3v) is 4.87. The van der Waals surface area contributed by atoms with E-state index in [0.29, 0.717) is 5.92 Å². The van der Waals surface area contributed by atoms with Crippen molar-refractivity contribution < 1.29 is 0 Å². The molecular weight excluding hydrogens is 260 g/mol. The summed E-state index contributed by atoms with van der Waals surface area (Å²) in [5.74, 6) is 2.24. The van der Waals surface area contributed by atoms with E-state index in [-0.39, 0.29) is 0 Å². The van der Waals surface area contributed by atoms with Crippen molar-refractivity contribution in [2.75, 3.05) is 37.6 Å². The number of piperidine rings is 1. The SMILES string of the molecule is CC(C)c1ncc(N2CCC(CN3CCCC3)CC2)cn1. The minimum atomic E-state index is 0.408. The molecule has 21 heavy (non-hydrogen) atoms. The second-order valence-corrected chi connectivity index (χ2v) is 6.89. The van der Waals surface area contributed by atoms with Gasteiger partial charge in [-0.2, -0.15) is 0 Å². The highest BCUT2D eigenvalue weighted by molar-refractivity contribution is 5.42. The van der Waals surface area contributed by atoms with E-state index in [9.17, 15) is 0 Å². The van der Waals surface area contributed by atoms with Gasteiger partial charge in [0.05, 0.1) is 18.1 Å². The van der Waals surface area contributed by atoms with Crippen LogP contribution in [0.15, 0.2) is 12.4 Å². The van der Waals surface area contributed by atoms with Crippen molar-refractivity contribution in [3.8, 4) is 0 Å². The van der Waals surface area contributed by atoms with Gasteiger partial charge in [-0.1, -0.05) is 13.8 Å². The lowest BCUT2D eigenvalue weighted by Gasteiger charge is -2.34. The van der Waals surface area contributed by atoms with Crippen LogP contribution in [0.1, 0.15) is 51.3 Å². The normalized spacial score (nSPS) is 21.4. The molecule has 1 aromatic rings. The Bertz CT molecular complexity index is 429. The molecule has 0 unspecified atom stereocenters. The Morgan fingerprint density at radius 3 is 2.24 bits per heavy atom. The molecule has 3 rings (SSSR count). The van der Waals surface area contributed by atoms with Crippen LogP contribution in [0, 0.1) is 5.92 Å². The van der Waals surface area contributed by atoms with Gasteiger partial charge in [0.2, 0.25) is 0 Å². The van der Waals surface area contributed by atoms with E-state index in [1.54, 1.807) is 0 Å². The van der Waals surface area contributed by atoms with Crippen molar-refractivity contribution in [1.29, 1.82) is 0 Å². The summed E-state index contributed by atoms with van der Waals surface area (Å²) in [7, 11) is 0. The highest BCUT2D eigenvalue weighted by Crippen LogP contribution is 2.24. The van der Waals surface area contributed by atoms with Crippen LogP contribution in [-0.2, 0) is 0 Å². The van der Waals surface area contributed by atoms with Crippen LogP contribution < -0.4 is 4.90 Å². The number of nitrogens with zero attached hydrogens (tertiary/aromatic N) is 4. The maximum atomic E-state index is 4.49. The zero-order valence-electron chi connectivity index (χ0n) is 13.5. The second kappa shape index (κ2) is 6.73. The number of likely N-dealkylation sites (tertiary alicyclic amines) is 1. The van der Waals surface area contributed by atoms with Gasteiger partial charge in [-0.15, -0.1) is 0 Å². The molecule has 2 fully saturated rings. The summed E-state index contributed by atoms with van der Waals surface area (Å²) >= 11 is 0. The molecule has 3 heterocycles. The average molecular weight is 288 g/mol. The molecular formula is C17H28N4. The number of hydrogen-bond donors (Lipinski definition) is 0. The lowest BCUT2D eigenvalue weighted by atomic mass is 9.96. The lowest BCUT2D eigenvalue weighted by Crippen LogP contribution is -2.38. The highest BCUT2D eigenvalue weighted by atomic mass is 15.2. The Kier molecular flexibility index (Phi) is 4.73.